The zero-order chi connectivity index (χ0) is 11.4. The van der Waals surface area contributed by atoms with Crippen LogP contribution in [-0.2, 0) is 0 Å². The van der Waals surface area contributed by atoms with Crippen LogP contribution < -0.4 is 5.73 Å². The molecule has 2 N–H and O–H groups in total. The molecule has 0 saturated heterocycles. The Morgan fingerprint density at radius 3 is 2.00 bits per heavy atom. The van der Waals surface area contributed by atoms with Gasteiger partial charge in [-0.1, -0.05) is 61.5 Å². The Bertz CT molecular complexity index is 431. The van der Waals surface area contributed by atoms with E-state index in [1.807, 2.05) is 6.07 Å². The van der Waals surface area contributed by atoms with Gasteiger partial charge in [-0.25, -0.2) is 0 Å². The molecule has 2 rings (SSSR count). The van der Waals surface area contributed by atoms with Crippen molar-refractivity contribution in [3.05, 3.63) is 60.2 Å². The lowest BCUT2D eigenvalue weighted by molar-refractivity contribution is 0.774. The van der Waals surface area contributed by atoms with E-state index in [0.29, 0.717) is 12.5 Å². The first-order valence-corrected chi connectivity index (χ1v) is 5.66. The van der Waals surface area contributed by atoms with Crippen molar-refractivity contribution in [2.75, 3.05) is 6.54 Å². The minimum Gasteiger partial charge on any atom is -0.330 e. The van der Waals surface area contributed by atoms with Crippen LogP contribution in [0.4, 0.5) is 0 Å². The van der Waals surface area contributed by atoms with E-state index in [-0.39, 0.29) is 0 Å². The molecule has 0 fully saturated rings. The highest BCUT2D eigenvalue weighted by Gasteiger charge is 2.03. The highest BCUT2D eigenvalue weighted by molar-refractivity contribution is 5.63. The molecule has 1 atom stereocenters. The van der Waals surface area contributed by atoms with Crippen molar-refractivity contribution in [1.82, 2.24) is 0 Å². The van der Waals surface area contributed by atoms with Gasteiger partial charge in [0.05, 0.1) is 0 Å². The second-order valence-electron chi connectivity index (χ2n) is 4.12. The lowest BCUT2D eigenvalue weighted by Crippen LogP contribution is -2.08. The first-order valence-electron chi connectivity index (χ1n) is 5.66. The summed E-state index contributed by atoms with van der Waals surface area (Å²) in [5.41, 5.74) is 9.48. The number of rotatable bonds is 3. The molecule has 0 spiro atoms. The van der Waals surface area contributed by atoms with Crippen LogP contribution in [0, 0.1) is 0 Å². The highest BCUT2D eigenvalue weighted by Crippen LogP contribution is 2.21. The molecule has 0 aromatic heterocycles. The topological polar surface area (TPSA) is 26.0 Å². The summed E-state index contributed by atoms with van der Waals surface area (Å²) in [7, 11) is 0. The van der Waals surface area contributed by atoms with Gasteiger partial charge in [-0.05, 0) is 29.2 Å². The van der Waals surface area contributed by atoms with Crippen LogP contribution in [0.2, 0.25) is 0 Å². The van der Waals surface area contributed by atoms with E-state index in [4.69, 9.17) is 5.73 Å². The van der Waals surface area contributed by atoms with Gasteiger partial charge in [-0.15, -0.1) is 0 Å². The SMILES string of the molecule is CC(CN)c1ccc(-c2ccccc2)cc1. The molecular weight excluding hydrogens is 194 g/mol. The van der Waals surface area contributed by atoms with Crippen molar-refractivity contribution in [3.63, 3.8) is 0 Å². The van der Waals surface area contributed by atoms with Crippen LogP contribution in [-0.4, -0.2) is 6.54 Å². The van der Waals surface area contributed by atoms with Gasteiger partial charge in [-0.3, -0.25) is 0 Å². The number of hydrogen-bond acceptors (Lipinski definition) is 1. The number of hydrogen-bond donors (Lipinski definition) is 1. The number of nitrogens with two attached hydrogens (primary N) is 1. The van der Waals surface area contributed by atoms with Crippen LogP contribution in [0.15, 0.2) is 54.6 Å². The highest BCUT2D eigenvalue weighted by atomic mass is 14.5. The Labute approximate surface area is 96.9 Å². The molecule has 1 nitrogen and oxygen atoms in total. The third-order valence-corrected chi connectivity index (χ3v) is 2.94. The van der Waals surface area contributed by atoms with Crippen LogP contribution in [0.5, 0.6) is 0 Å². The molecule has 0 aliphatic heterocycles. The van der Waals surface area contributed by atoms with E-state index >= 15 is 0 Å². The molecular formula is C15H17N. The van der Waals surface area contributed by atoms with E-state index in [0.717, 1.165) is 0 Å². The molecule has 0 aliphatic rings. The maximum Gasteiger partial charge on any atom is -0.00109 e. The molecule has 0 bridgehead atoms. The summed E-state index contributed by atoms with van der Waals surface area (Å²) < 4.78 is 0. The lowest BCUT2D eigenvalue weighted by atomic mass is 9.98. The predicted molar refractivity (Wildman–Crippen MR) is 69.3 cm³/mol. The van der Waals surface area contributed by atoms with Crippen molar-refractivity contribution in [2.24, 2.45) is 5.73 Å². The molecule has 0 amide bonds. The second-order valence-corrected chi connectivity index (χ2v) is 4.12. The van der Waals surface area contributed by atoms with Gasteiger partial charge in [0.25, 0.3) is 0 Å². The Hall–Kier alpha value is -1.60. The van der Waals surface area contributed by atoms with Gasteiger partial charge in [-0.2, -0.15) is 0 Å². The summed E-state index contributed by atoms with van der Waals surface area (Å²) in [4.78, 5) is 0. The Balaban J connectivity index is 2.26. The van der Waals surface area contributed by atoms with Crippen LogP contribution in [0.1, 0.15) is 18.4 Å². The first kappa shape index (κ1) is 10.9. The Morgan fingerprint density at radius 1 is 0.875 bits per heavy atom. The van der Waals surface area contributed by atoms with Gasteiger partial charge in [0, 0.05) is 0 Å². The average Bonchev–Trinajstić information content (AvgIpc) is 2.39. The average molecular weight is 211 g/mol. The summed E-state index contributed by atoms with van der Waals surface area (Å²) in [6, 6.07) is 19.1. The molecule has 82 valence electrons. The fourth-order valence-electron chi connectivity index (χ4n) is 1.77. The fourth-order valence-corrected chi connectivity index (χ4v) is 1.77. The standard InChI is InChI=1S/C15H17N/c1-12(11-16)13-7-9-15(10-8-13)14-5-3-2-4-6-14/h2-10,12H,11,16H2,1H3. The van der Waals surface area contributed by atoms with Crippen LogP contribution in [0.3, 0.4) is 0 Å². The molecule has 16 heavy (non-hydrogen) atoms. The molecule has 0 saturated carbocycles. The summed E-state index contributed by atoms with van der Waals surface area (Å²) in [6.45, 7) is 2.85. The molecule has 1 heteroatoms. The van der Waals surface area contributed by atoms with Crippen molar-refractivity contribution >= 4 is 0 Å². The van der Waals surface area contributed by atoms with Crippen molar-refractivity contribution in [3.8, 4) is 11.1 Å². The Morgan fingerprint density at radius 2 is 1.44 bits per heavy atom. The van der Waals surface area contributed by atoms with Gasteiger partial charge in [0.1, 0.15) is 0 Å². The monoisotopic (exact) mass is 211 g/mol. The summed E-state index contributed by atoms with van der Waals surface area (Å²) >= 11 is 0. The third kappa shape index (κ3) is 2.31. The van der Waals surface area contributed by atoms with Crippen molar-refractivity contribution in [1.29, 1.82) is 0 Å². The number of benzene rings is 2. The van der Waals surface area contributed by atoms with Gasteiger partial charge < -0.3 is 5.73 Å². The molecule has 0 radical (unpaired) electrons. The smallest absolute Gasteiger partial charge is 0.00109 e. The maximum absolute atomic E-state index is 5.65. The van der Waals surface area contributed by atoms with Gasteiger partial charge in [0.15, 0.2) is 0 Å². The van der Waals surface area contributed by atoms with Crippen molar-refractivity contribution < 1.29 is 0 Å². The van der Waals surface area contributed by atoms with E-state index in [1.165, 1.54) is 16.7 Å². The zero-order valence-corrected chi connectivity index (χ0v) is 9.56. The van der Waals surface area contributed by atoms with E-state index in [9.17, 15) is 0 Å². The summed E-state index contributed by atoms with van der Waals surface area (Å²) in [5, 5.41) is 0. The van der Waals surface area contributed by atoms with E-state index in [2.05, 4.69) is 55.5 Å². The summed E-state index contributed by atoms with van der Waals surface area (Å²) in [6.07, 6.45) is 0. The van der Waals surface area contributed by atoms with Gasteiger partial charge >= 0.3 is 0 Å². The van der Waals surface area contributed by atoms with Crippen molar-refractivity contribution in [2.45, 2.75) is 12.8 Å². The molecule has 2 aromatic carbocycles. The van der Waals surface area contributed by atoms with Crippen LogP contribution in [0.25, 0.3) is 11.1 Å². The minimum atomic E-state index is 0.435. The molecule has 0 heterocycles. The van der Waals surface area contributed by atoms with E-state index in [1.54, 1.807) is 0 Å². The summed E-state index contributed by atoms with van der Waals surface area (Å²) in [5.74, 6) is 0.435. The second kappa shape index (κ2) is 4.95. The maximum atomic E-state index is 5.65. The minimum absolute atomic E-state index is 0.435. The van der Waals surface area contributed by atoms with E-state index < -0.39 is 0 Å². The molecule has 1 unspecified atom stereocenters. The normalized spacial score (nSPS) is 12.4. The van der Waals surface area contributed by atoms with Gasteiger partial charge in [0.2, 0.25) is 0 Å². The Kier molecular flexibility index (Phi) is 3.37. The molecule has 2 aromatic rings. The fraction of sp³-hybridized carbons (Fsp3) is 0.200. The van der Waals surface area contributed by atoms with Crippen LogP contribution >= 0.6 is 0 Å². The quantitative estimate of drug-likeness (QED) is 0.827. The zero-order valence-electron chi connectivity index (χ0n) is 9.56. The predicted octanol–water partition coefficient (Wildman–Crippen LogP) is 3.42. The first-order chi connectivity index (χ1) is 7.81. The largest absolute Gasteiger partial charge is 0.330 e. The lowest BCUT2D eigenvalue weighted by Gasteiger charge is -2.09. The third-order valence-electron chi connectivity index (χ3n) is 2.94. The molecule has 0 aliphatic carbocycles.